The number of aryl methyl sites for hydroxylation is 3. The smallest absolute Gasteiger partial charge is 0.0614 e. The van der Waals surface area contributed by atoms with E-state index in [1.165, 1.54) is 65.4 Å². The summed E-state index contributed by atoms with van der Waals surface area (Å²) in [6, 6.07) is 20.3. The summed E-state index contributed by atoms with van der Waals surface area (Å²) < 4.78 is 10.9. The standard InChI is InChI=1S/C30H24Br3N3/c1-4-34-22-13-16(31)7-10-19(22)25-28(34)26-20-11-8-17(32)14-23(20)35(5-2)30(26)27-21-12-9-18(33)15-24(21)36(6-3)29(25)27/h7-15H,4-6H2,1-3H3. The van der Waals surface area contributed by atoms with E-state index in [0.29, 0.717) is 0 Å². The second-order valence-electron chi connectivity index (χ2n) is 9.39. The van der Waals surface area contributed by atoms with Crippen molar-refractivity contribution in [1.29, 1.82) is 0 Å². The number of hydrogen-bond donors (Lipinski definition) is 0. The lowest BCUT2D eigenvalue weighted by Crippen LogP contribution is -1.98. The molecule has 36 heavy (non-hydrogen) atoms. The summed E-state index contributed by atoms with van der Waals surface area (Å²) in [4.78, 5) is 0. The third-order valence-electron chi connectivity index (χ3n) is 7.74. The fourth-order valence-electron chi connectivity index (χ4n) is 6.45. The van der Waals surface area contributed by atoms with E-state index >= 15 is 0 Å². The minimum absolute atomic E-state index is 0.907. The average molecular weight is 666 g/mol. The number of rotatable bonds is 3. The molecule has 0 aliphatic carbocycles. The van der Waals surface area contributed by atoms with Gasteiger partial charge in [-0.15, -0.1) is 0 Å². The van der Waals surface area contributed by atoms with Crippen LogP contribution in [0.3, 0.4) is 0 Å². The Morgan fingerprint density at radius 3 is 1.00 bits per heavy atom. The summed E-state index contributed by atoms with van der Waals surface area (Å²) in [5, 5.41) is 8.01. The Morgan fingerprint density at radius 1 is 0.472 bits per heavy atom. The van der Waals surface area contributed by atoms with Gasteiger partial charge in [-0.1, -0.05) is 66.0 Å². The maximum atomic E-state index is 3.75. The molecular formula is C30H24Br3N3. The first-order valence-corrected chi connectivity index (χ1v) is 14.8. The van der Waals surface area contributed by atoms with Crippen molar-refractivity contribution in [2.24, 2.45) is 0 Å². The second-order valence-corrected chi connectivity index (χ2v) is 12.1. The number of halogens is 3. The van der Waals surface area contributed by atoms with Crippen LogP contribution < -0.4 is 0 Å². The van der Waals surface area contributed by atoms with Crippen molar-refractivity contribution >= 4 is 113 Å². The zero-order valence-electron chi connectivity index (χ0n) is 20.3. The molecule has 180 valence electrons. The number of hydrogen-bond acceptors (Lipinski definition) is 0. The van der Waals surface area contributed by atoms with Crippen molar-refractivity contribution in [2.45, 2.75) is 40.4 Å². The average Bonchev–Trinajstić information content (AvgIpc) is 3.47. The predicted molar refractivity (Wildman–Crippen MR) is 166 cm³/mol. The minimum Gasteiger partial charge on any atom is -0.340 e. The van der Waals surface area contributed by atoms with Gasteiger partial charge in [-0.2, -0.15) is 0 Å². The summed E-state index contributed by atoms with van der Waals surface area (Å²) in [7, 11) is 0. The molecule has 0 amide bonds. The molecule has 0 saturated heterocycles. The highest BCUT2D eigenvalue weighted by atomic mass is 79.9. The summed E-state index contributed by atoms with van der Waals surface area (Å²) >= 11 is 11.2. The number of benzene rings is 4. The fraction of sp³-hybridized carbons (Fsp3) is 0.200. The van der Waals surface area contributed by atoms with E-state index in [1.807, 2.05) is 0 Å². The van der Waals surface area contributed by atoms with Crippen LogP contribution in [0.2, 0.25) is 0 Å². The first-order chi connectivity index (χ1) is 17.5. The highest BCUT2D eigenvalue weighted by Crippen LogP contribution is 2.48. The van der Waals surface area contributed by atoms with Crippen molar-refractivity contribution in [3.63, 3.8) is 0 Å². The van der Waals surface area contributed by atoms with Crippen LogP contribution in [-0.4, -0.2) is 13.7 Å². The van der Waals surface area contributed by atoms with Gasteiger partial charge in [-0.05, 0) is 57.2 Å². The van der Waals surface area contributed by atoms with Crippen molar-refractivity contribution in [3.8, 4) is 0 Å². The molecule has 0 spiro atoms. The Kier molecular flexibility index (Phi) is 5.15. The molecule has 6 heteroatoms. The minimum atomic E-state index is 0.907. The van der Waals surface area contributed by atoms with Crippen LogP contribution in [-0.2, 0) is 19.6 Å². The molecule has 0 fully saturated rings. The van der Waals surface area contributed by atoms with E-state index in [0.717, 1.165) is 33.1 Å². The number of aromatic nitrogens is 3. The largest absolute Gasteiger partial charge is 0.340 e. The lowest BCUT2D eigenvalue weighted by atomic mass is 10.0. The molecule has 4 aromatic carbocycles. The van der Waals surface area contributed by atoms with Gasteiger partial charge in [-0.3, -0.25) is 0 Å². The first kappa shape index (κ1) is 22.9. The zero-order valence-corrected chi connectivity index (χ0v) is 25.1. The van der Waals surface area contributed by atoms with E-state index < -0.39 is 0 Å². The van der Waals surface area contributed by atoms with Crippen molar-refractivity contribution in [3.05, 3.63) is 68.0 Å². The summed E-state index contributed by atoms with van der Waals surface area (Å²) in [5.74, 6) is 0. The van der Waals surface area contributed by atoms with Gasteiger partial charge in [0.15, 0.2) is 0 Å². The number of nitrogens with zero attached hydrogens (tertiary/aromatic N) is 3. The Morgan fingerprint density at radius 2 is 0.750 bits per heavy atom. The monoisotopic (exact) mass is 663 g/mol. The molecule has 0 N–H and O–H groups in total. The summed E-state index contributed by atoms with van der Waals surface area (Å²) in [6.07, 6.45) is 0. The van der Waals surface area contributed by atoms with Gasteiger partial charge in [0, 0.05) is 65.4 Å². The van der Waals surface area contributed by atoms with Crippen LogP contribution in [0.5, 0.6) is 0 Å². The number of fused-ring (bicyclic) bond motifs is 12. The van der Waals surface area contributed by atoms with Gasteiger partial charge in [-0.25, -0.2) is 0 Å². The maximum Gasteiger partial charge on any atom is 0.0614 e. The van der Waals surface area contributed by atoms with Crippen LogP contribution in [0.1, 0.15) is 20.8 Å². The van der Waals surface area contributed by atoms with E-state index in [-0.39, 0.29) is 0 Å². The topological polar surface area (TPSA) is 14.8 Å². The van der Waals surface area contributed by atoms with E-state index in [2.05, 4.69) is 137 Å². The molecule has 0 atom stereocenters. The third-order valence-corrected chi connectivity index (χ3v) is 9.22. The highest BCUT2D eigenvalue weighted by molar-refractivity contribution is 9.11. The van der Waals surface area contributed by atoms with Gasteiger partial charge in [0.05, 0.1) is 33.1 Å². The predicted octanol–water partition coefficient (Wildman–Crippen LogP) is 10.4. The molecule has 0 aliphatic rings. The first-order valence-electron chi connectivity index (χ1n) is 12.4. The van der Waals surface area contributed by atoms with Gasteiger partial charge in [0.2, 0.25) is 0 Å². The van der Waals surface area contributed by atoms with Crippen molar-refractivity contribution < 1.29 is 0 Å². The molecule has 3 aromatic heterocycles. The van der Waals surface area contributed by atoms with Crippen LogP contribution in [0.4, 0.5) is 0 Å². The van der Waals surface area contributed by atoms with Gasteiger partial charge in [0.25, 0.3) is 0 Å². The Bertz CT molecular complexity index is 1770. The third kappa shape index (κ3) is 2.84. The fourth-order valence-corrected chi connectivity index (χ4v) is 7.50. The van der Waals surface area contributed by atoms with Gasteiger partial charge in [0.1, 0.15) is 0 Å². The molecule has 3 nitrogen and oxygen atoms in total. The molecule has 7 aromatic rings. The van der Waals surface area contributed by atoms with Crippen molar-refractivity contribution in [1.82, 2.24) is 13.7 Å². The molecule has 0 unspecified atom stereocenters. The summed E-state index contributed by atoms with van der Waals surface area (Å²) in [5.41, 5.74) is 7.84. The second kappa shape index (κ2) is 8.11. The van der Waals surface area contributed by atoms with Crippen LogP contribution >= 0.6 is 47.8 Å². The summed E-state index contributed by atoms with van der Waals surface area (Å²) in [6.45, 7) is 9.51. The van der Waals surface area contributed by atoms with Gasteiger partial charge < -0.3 is 13.7 Å². The van der Waals surface area contributed by atoms with Crippen LogP contribution in [0.15, 0.2) is 68.0 Å². The van der Waals surface area contributed by atoms with Crippen LogP contribution in [0.25, 0.3) is 65.4 Å². The Hall–Kier alpha value is -2.28. The lowest BCUT2D eigenvalue weighted by Gasteiger charge is -2.10. The van der Waals surface area contributed by atoms with Crippen LogP contribution in [0, 0.1) is 0 Å². The Labute approximate surface area is 234 Å². The molecule has 0 aliphatic heterocycles. The Balaban J connectivity index is 1.97. The molecular weight excluding hydrogens is 642 g/mol. The molecule has 7 rings (SSSR count). The zero-order chi connectivity index (χ0) is 24.9. The molecule has 0 radical (unpaired) electrons. The highest BCUT2D eigenvalue weighted by Gasteiger charge is 2.26. The SMILES string of the molecule is CCn1c2cc(Br)ccc2c2c1c1c3ccc(Br)cc3n(CC)c1c1c3ccc(Br)cc3n(CC)c21. The van der Waals surface area contributed by atoms with Gasteiger partial charge >= 0.3 is 0 Å². The lowest BCUT2D eigenvalue weighted by molar-refractivity contribution is 0.821. The van der Waals surface area contributed by atoms with Crippen molar-refractivity contribution in [2.75, 3.05) is 0 Å². The normalized spacial score (nSPS) is 12.5. The van der Waals surface area contributed by atoms with E-state index in [1.54, 1.807) is 0 Å². The molecule has 3 heterocycles. The maximum absolute atomic E-state index is 3.75. The molecule has 0 bridgehead atoms. The van der Waals surface area contributed by atoms with E-state index in [4.69, 9.17) is 0 Å². The van der Waals surface area contributed by atoms with E-state index in [9.17, 15) is 0 Å². The molecule has 0 saturated carbocycles. The quantitative estimate of drug-likeness (QED) is 0.178.